The molecule has 1 N–H and O–H groups in total. The molecule has 9 heteroatoms. The molecular weight excluding hydrogens is 430 g/mol. The molecule has 0 bridgehead atoms. The molecule has 3 aromatic rings. The van der Waals surface area contributed by atoms with Crippen LogP contribution in [-0.4, -0.2) is 31.0 Å². The fourth-order valence-corrected chi connectivity index (χ4v) is 4.93. The summed E-state index contributed by atoms with van der Waals surface area (Å²) >= 11 is 0. The van der Waals surface area contributed by atoms with E-state index < -0.39 is 10.0 Å². The van der Waals surface area contributed by atoms with Gasteiger partial charge >= 0.3 is 0 Å². The normalized spacial score (nSPS) is 13.5. The predicted octanol–water partition coefficient (Wildman–Crippen LogP) is 2.86. The van der Waals surface area contributed by atoms with Gasteiger partial charge in [-0.3, -0.25) is 9.48 Å². The Bertz CT molecular complexity index is 1300. The van der Waals surface area contributed by atoms with Crippen LogP contribution in [-0.2, 0) is 23.6 Å². The summed E-state index contributed by atoms with van der Waals surface area (Å²) in [5.41, 5.74) is 2.93. The zero-order chi connectivity index (χ0) is 23.0. The maximum absolute atomic E-state index is 12.9. The maximum atomic E-state index is 12.9. The molecule has 0 radical (unpaired) electrons. The fraction of sp³-hybridized carbons (Fsp3) is 0.348. The van der Waals surface area contributed by atoms with E-state index in [1.54, 1.807) is 39.7 Å². The number of nitrogens with one attached hydrogen (secondary N) is 1. The molecule has 4 rings (SSSR count). The Morgan fingerprint density at radius 1 is 1.03 bits per heavy atom. The van der Waals surface area contributed by atoms with Crippen molar-refractivity contribution in [1.29, 1.82) is 0 Å². The molecule has 0 fully saturated rings. The first kappa shape index (κ1) is 22.2. The Labute approximate surface area is 187 Å². The van der Waals surface area contributed by atoms with Crippen molar-refractivity contribution in [2.24, 2.45) is 7.05 Å². The highest BCUT2D eigenvalue weighted by molar-refractivity contribution is 7.89. The Balaban J connectivity index is 1.54. The van der Waals surface area contributed by atoms with Crippen LogP contribution >= 0.6 is 0 Å². The first-order chi connectivity index (χ1) is 15.2. The van der Waals surface area contributed by atoms with Gasteiger partial charge in [-0.25, -0.2) is 17.8 Å². The van der Waals surface area contributed by atoms with Crippen LogP contribution in [0.25, 0.3) is 5.69 Å². The molecule has 170 valence electrons. The summed E-state index contributed by atoms with van der Waals surface area (Å²) in [6, 6.07) is 11.6. The molecule has 1 aliphatic rings. The number of nitrogens with zero attached hydrogens (tertiary/aromatic N) is 2. The minimum atomic E-state index is -3.73. The molecule has 0 spiro atoms. The topological polar surface area (TPSA) is 91.6 Å². The zero-order valence-corrected chi connectivity index (χ0v) is 19.4. The van der Waals surface area contributed by atoms with E-state index in [4.69, 9.17) is 9.47 Å². The van der Waals surface area contributed by atoms with Crippen molar-refractivity contribution in [3.8, 4) is 17.2 Å². The Hall–Kier alpha value is -3.04. The lowest BCUT2D eigenvalue weighted by molar-refractivity contribution is 0.171. The lowest BCUT2D eigenvalue weighted by Gasteiger charge is -2.19. The van der Waals surface area contributed by atoms with Crippen molar-refractivity contribution in [3.05, 3.63) is 69.6 Å². The number of aromatic nitrogens is 2. The lowest BCUT2D eigenvalue weighted by atomic mass is 10.0. The van der Waals surface area contributed by atoms with E-state index in [9.17, 15) is 13.2 Å². The Morgan fingerprint density at radius 3 is 2.31 bits per heavy atom. The van der Waals surface area contributed by atoms with Gasteiger partial charge in [0.25, 0.3) is 5.56 Å². The molecule has 8 nitrogen and oxygen atoms in total. The molecule has 0 unspecified atom stereocenters. The second kappa shape index (κ2) is 8.48. The third kappa shape index (κ3) is 4.05. The van der Waals surface area contributed by atoms with Gasteiger partial charge in [-0.1, -0.05) is 19.9 Å². The maximum Gasteiger partial charge on any atom is 0.275 e. The second-order valence-corrected chi connectivity index (χ2v) is 9.86. The van der Waals surface area contributed by atoms with Crippen LogP contribution in [0.3, 0.4) is 0 Å². The van der Waals surface area contributed by atoms with Crippen LogP contribution in [0, 0.1) is 6.92 Å². The number of benzene rings is 2. The summed E-state index contributed by atoms with van der Waals surface area (Å²) < 4.78 is 42.6. The van der Waals surface area contributed by atoms with Crippen molar-refractivity contribution in [2.45, 2.75) is 38.1 Å². The van der Waals surface area contributed by atoms with E-state index in [0.29, 0.717) is 30.4 Å². The third-order valence-corrected chi connectivity index (χ3v) is 7.06. The molecule has 0 saturated heterocycles. The standard InChI is InChI=1S/C23H27N3O5S/c1-15(2)22-16(3)25(4)26(23(22)27)18-6-8-19(9-7-18)32(28,29)24-14-17-5-10-20-21(13-17)31-12-11-30-20/h5-10,13,15,24H,11-12,14H2,1-4H3. The van der Waals surface area contributed by atoms with Crippen molar-refractivity contribution in [2.75, 3.05) is 13.2 Å². The molecule has 1 aromatic heterocycles. The predicted molar refractivity (Wildman–Crippen MR) is 121 cm³/mol. The van der Waals surface area contributed by atoms with Crippen LogP contribution in [0.4, 0.5) is 0 Å². The summed E-state index contributed by atoms with van der Waals surface area (Å²) in [4.78, 5) is 13.0. The molecule has 0 atom stereocenters. The highest BCUT2D eigenvalue weighted by Crippen LogP contribution is 2.30. The van der Waals surface area contributed by atoms with E-state index in [-0.39, 0.29) is 22.9 Å². The van der Waals surface area contributed by atoms with Gasteiger partial charge in [0.2, 0.25) is 10.0 Å². The van der Waals surface area contributed by atoms with E-state index in [2.05, 4.69) is 4.72 Å². The smallest absolute Gasteiger partial charge is 0.275 e. The monoisotopic (exact) mass is 457 g/mol. The summed E-state index contributed by atoms with van der Waals surface area (Å²) in [6.07, 6.45) is 0. The van der Waals surface area contributed by atoms with Gasteiger partial charge in [-0.05, 0) is 54.8 Å². The van der Waals surface area contributed by atoms with Gasteiger partial charge in [-0.2, -0.15) is 0 Å². The molecule has 2 aromatic carbocycles. The van der Waals surface area contributed by atoms with Crippen molar-refractivity contribution >= 4 is 10.0 Å². The quantitative estimate of drug-likeness (QED) is 0.615. The summed E-state index contributed by atoms with van der Waals surface area (Å²) in [5, 5.41) is 0. The number of hydrogen-bond donors (Lipinski definition) is 1. The third-order valence-electron chi connectivity index (χ3n) is 5.64. The van der Waals surface area contributed by atoms with E-state index in [1.807, 2.05) is 27.8 Å². The number of hydrogen-bond acceptors (Lipinski definition) is 5. The molecule has 1 aliphatic heterocycles. The van der Waals surface area contributed by atoms with Gasteiger partial charge in [-0.15, -0.1) is 0 Å². The van der Waals surface area contributed by atoms with Crippen molar-refractivity contribution in [3.63, 3.8) is 0 Å². The fourth-order valence-electron chi connectivity index (χ4n) is 3.91. The number of rotatable bonds is 6. The minimum Gasteiger partial charge on any atom is -0.486 e. The van der Waals surface area contributed by atoms with Crippen LogP contribution in [0.2, 0.25) is 0 Å². The molecule has 32 heavy (non-hydrogen) atoms. The Kier molecular flexibility index (Phi) is 5.87. The Morgan fingerprint density at radius 2 is 1.69 bits per heavy atom. The molecular formula is C23H27N3O5S. The average Bonchev–Trinajstić information content (AvgIpc) is 3.00. The van der Waals surface area contributed by atoms with Gasteiger partial charge in [0.05, 0.1) is 10.6 Å². The zero-order valence-electron chi connectivity index (χ0n) is 18.6. The van der Waals surface area contributed by atoms with Gasteiger partial charge < -0.3 is 9.47 Å². The first-order valence-corrected chi connectivity index (χ1v) is 11.9. The largest absolute Gasteiger partial charge is 0.486 e. The van der Waals surface area contributed by atoms with E-state index in [0.717, 1.165) is 16.8 Å². The average molecular weight is 458 g/mol. The second-order valence-electron chi connectivity index (χ2n) is 8.09. The SMILES string of the molecule is Cc1c(C(C)C)c(=O)n(-c2ccc(S(=O)(=O)NCc3ccc4c(c3)OCCO4)cc2)n1C. The highest BCUT2D eigenvalue weighted by Gasteiger charge is 2.20. The van der Waals surface area contributed by atoms with Crippen molar-refractivity contribution in [1.82, 2.24) is 14.1 Å². The molecule has 2 heterocycles. The van der Waals surface area contributed by atoms with Crippen LogP contribution in [0.15, 0.2) is 52.2 Å². The first-order valence-electron chi connectivity index (χ1n) is 10.5. The lowest BCUT2D eigenvalue weighted by Crippen LogP contribution is -2.24. The van der Waals surface area contributed by atoms with Crippen molar-refractivity contribution < 1.29 is 17.9 Å². The molecule has 0 aliphatic carbocycles. The highest BCUT2D eigenvalue weighted by atomic mass is 32.2. The summed E-state index contributed by atoms with van der Waals surface area (Å²) in [6.45, 7) is 6.97. The molecule has 0 saturated carbocycles. The van der Waals surface area contributed by atoms with Crippen LogP contribution < -0.4 is 19.8 Å². The van der Waals surface area contributed by atoms with Crippen LogP contribution in [0.5, 0.6) is 11.5 Å². The van der Waals surface area contributed by atoms with Gasteiger partial charge in [0, 0.05) is 24.8 Å². The molecule has 0 amide bonds. The summed E-state index contributed by atoms with van der Waals surface area (Å²) in [7, 11) is -1.91. The summed E-state index contributed by atoms with van der Waals surface area (Å²) in [5.74, 6) is 1.37. The van der Waals surface area contributed by atoms with Gasteiger partial charge in [0.15, 0.2) is 11.5 Å². The minimum absolute atomic E-state index is 0.0904. The number of fused-ring (bicyclic) bond motifs is 1. The van der Waals surface area contributed by atoms with E-state index >= 15 is 0 Å². The van der Waals surface area contributed by atoms with E-state index in [1.165, 1.54) is 12.1 Å². The van der Waals surface area contributed by atoms with Crippen LogP contribution in [0.1, 0.15) is 36.6 Å². The van der Waals surface area contributed by atoms with Gasteiger partial charge in [0.1, 0.15) is 13.2 Å². The number of sulfonamides is 1. The number of ether oxygens (including phenoxy) is 2.